The third-order valence-corrected chi connectivity index (χ3v) is 4.85. The number of nitrogens with one attached hydrogen (secondary N) is 2. The van der Waals surface area contributed by atoms with Crippen molar-refractivity contribution in [3.05, 3.63) is 56.7 Å². The van der Waals surface area contributed by atoms with Crippen LogP contribution in [0, 0.1) is 0 Å². The average Bonchev–Trinajstić information content (AvgIpc) is 2.92. The molecule has 0 aliphatic carbocycles. The van der Waals surface area contributed by atoms with Gasteiger partial charge in [-0.15, -0.1) is 35.3 Å². The first-order chi connectivity index (χ1) is 10.2. The van der Waals surface area contributed by atoms with Gasteiger partial charge in [0.2, 0.25) is 0 Å². The standard InChI is InChI=1S/C16H20BrN3S.HI/c1-12(13-6-4-3-5-7-13)20-16(18-2)19-11-10-14-8-9-15(17)21-14;/h3-9,12H,10-11H2,1-2H3,(H2,18,19,20);1H. The molecule has 2 N–H and O–H groups in total. The minimum atomic E-state index is 0. The molecule has 1 heterocycles. The van der Waals surface area contributed by atoms with Crippen LogP contribution >= 0.6 is 51.2 Å². The van der Waals surface area contributed by atoms with Gasteiger partial charge in [0.1, 0.15) is 0 Å². The molecule has 6 heteroatoms. The van der Waals surface area contributed by atoms with E-state index in [1.165, 1.54) is 14.2 Å². The number of hydrogen-bond donors (Lipinski definition) is 2. The summed E-state index contributed by atoms with van der Waals surface area (Å²) in [7, 11) is 1.80. The van der Waals surface area contributed by atoms with Gasteiger partial charge in [-0.1, -0.05) is 30.3 Å². The lowest BCUT2D eigenvalue weighted by atomic mass is 10.1. The van der Waals surface area contributed by atoms with E-state index in [2.05, 4.69) is 74.9 Å². The van der Waals surface area contributed by atoms with Gasteiger partial charge in [-0.3, -0.25) is 4.99 Å². The third kappa shape index (κ3) is 6.26. The fraction of sp³-hybridized carbons (Fsp3) is 0.312. The fourth-order valence-corrected chi connectivity index (χ4v) is 3.50. The molecule has 1 atom stereocenters. The van der Waals surface area contributed by atoms with Gasteiger partial charge in [-0.05, 0) is 47.0 Å². The number of aliphatic imine (C=N–C) groups is 1. The van der Waals surface area contributed by atoms with Crippen molar-refractivity contribution in [1.29, 1.82) is 0 Å². The molecule has 2 rings (SSSR count). The van der Waals surface area contributed by atoms with Crippen molar-refractivity contribution in [3.8, 4) is 0 Å². The Bertz CT molecular complexity index is 586. The summed E-state index contributed by atoms with van der Waals surface area (Å²) in [5.41, 5.74) is 1.25. The smallest absolute Gasteiger partial charge is 0.191 e. The van der Waals surface area contributed by atoms with Crippen LogP contribution in [0.3, 0.4) is 0 Å². The van der Waals surface area contributed by atoms with Crippen LogP contribution < -0.4 is 10.6 Å². The minimum Gasteiger partial charge on any atom is -0.356 e. The van der Waals surface area contributed by atoms with Crippen LogP contribution in [-0.2, 0) is 6.42 Å². The van der Waals surface area contributed by atoms with E-state index >= 15 is 0 Å². The van der Waals surface area contributed by atoms with Crippen LogP contribution in [0.4, 0.5) is 0 Å². The predicted molar refractivity (Wildman–Crippen MR) is 110 cm³/mol. The molecule has 2 aromatic rings. The van der Waals surface area contributed by atoms with E-state index in [1.807, 2.05) is 6.07 Å². The molecule has 0 fully saturated rings. The first-order valence-electron chi connectivity index (χ1n) is 6.95. The van der Waals surface area contributed by atoms with E-state index in [9.17, 15) is 0 Å². The molecule has 0 spiro atoms. The highest BCUT2D eigenvalue weighted by atomic mass is 127. The molecule has 1 aromatic carbocycles. The Morgan fingerprint density at radius 2 is 1.95 bits per heavy atom. The maximum Gasteiger partial charge on any atom is 0.191 e. The van der Waals surface area contributed by atoms with Gasteiger partial charge in [0, 0.05) is 18.5 Å². The molecule has 0 radical (unpaired) electrons. The SMILES string of the molecule is CN=C(NCCc1ccc(Br)s1)NC(C)c1ccccc1.I. The lowest BCUT2D eigenvalue weighted by molar-refractivity contribution is 0.685. The molecule has 0 bridgehead atoms. The number of hydrogen-bond acceptors (Lipinski definition) is 2. The monoisotopic (exact) mass is 493 g/mol. The zero-order chi connectivity index (χ0) is 15.1. The summed E-state index contributed by atoms with van der Waals surface area (Å²) in [6, 6.07) is 14.8. The summed E-state index contributed by atoms with van der Waals surface area (Å²) in [5, 5.41) is 6.77. The molecular formula is C16H21BrIN3S. The minimum absolute atomic E-state index is 0. The van der Waals surface area contributed by atoms with Gasteiger partial charge >= 0.3 is 0 Å². The maximum absolute atomic E-state index is 4.28. The lowest BCUT2D eigenvalue weighted by Crippen LogP contribution is -2.39. The lowest BCUT2D eigenvalue weighted by Gasteiger charge is -2.18. The van der Waals surface area contributed by atoms with Crippen LogP contribution in [0.2, 0.25) is 0 Å². The topological polar surface area (TPSA) is 36.4 Å². The largest absolute Gasteiger partial charge is 0.356 e. The van der Waals surface area contributed by atoms with Crippen molar-refractivity contribution in [2.75, 3.05) is 13.6 Å². The summed E-state index contributed by atoms with van der Waals surface area (Å²) in [5.74, 6) is 0.835. The van der Waals surface area contributed by atoms with Gasteiger partial charge in [-0.25, -0.2) is 0 Å². The third-order valence-electron chi connectivity index (χ3n) is 3.17. The molecule has 0 aliphatic rings. The highest BCUT2D eigenvalue weighted by Crippen LogP contribution is 2.22. The second kappa shape index (κ2) is 10.2. The second-order valence-electron chi connectivity index (χ2n) is 4.73. The van der Waals surface area contributed by atoms with Crippen molar-refractivity contribution >= 4 is 57.2 Å². The molecule has 1 unspecified atom stereocenters. The Morgan fingerprint density at radius 1 is 1.23 bits per heavy atom. The van der Waals surface area contributed by atoms with Crippen LogP contribution in [0.1, 0.15) is 23.4 Å². The zero-order valence-electron chi connectivity index (χ0n) is 12.7. The molecular weight excluding hydrogens is 473 g/mol. The van der Waals surface area contributed by atoms with E-state index in [0.717, 1.165) is 18.9 Å². The highest BCUT2D eigenvalue weighted by molar-refractivity contribution is 14.0. The van der Waals surface area contributed by atoms with Crippen LogP contribution in [-0.4, -0.2) is 19.6 Å². The van der Waals surface area contributed by atoms with Crippen LogP contribution in [0.15, 0.2) is 51.2 Å². The number of nitrogens with zero attached hydrogens (tertiary/aromatic N) is 1. The summed E-state index contributed by atoms with van der Waals surface area (Å²) >= 11 is 5.26. The molecule has 0 saturated heterocycles. The van der Waals surface area contributed by atoms with E-state index in [-0.39, 0.29) is 30.0 Å². The molecule has 22 heavy (non-hydrogen) atoms. The molecule has 120 valence electrons. The summed E-state index contributed by atoms with van der Waals surface area (Å²) in [6.45, 7) is 3.01. The van der Waals surface area contributed by atoms with E-state index in [0.29, 0.717) is 0 Å². The molecule has 3 nitrogen and oxygen atoms in total. The highest BCUT2D eigenvalue weighted by Gasteiger charge is 2.07. The number of halogens is 2. The Balaban J connectivity index is 0.00000242. The van der Waals surface area contributed by atoms with Gasteiger partial charge < -0.3 is 10.6 Å². The van der Waals surface area contributed by atoms with Crippen molar-refractivity contribution in [3.63, 3.8) is 0 Å². The number of rotatable bonds is 5. The van der Waals surface area contributed by atoms with Crippen LogP contribution in [0.25, 0.3) is 0 Å². The van der Waals surface area contributed by atoms with Gasteiger partial charge in [0.05, 0.1) is 9.83 Å². The zero-order valence-corrected chi connectivity index (χ0v) is 17.4. The number of thiophene rings is 1. The van der Waals surface area contributed by atoms with Gasteiger partial charge in [0.25, 0.3) is 0 Å². The Hall–Kier alpha value is -0.600. The Morgan fingerprint density at radius 3 is 2.55 bits per heavy atom. The van der Waals surface area contributed by atoms with Gasteiger partial charge in [0.15, 0.2) is 5.96 Å². The first-order valence-corrected chi connectivity index (χ1v) is 8.56. The van der Waals surface area contributed by atoms with Crippen molar-refractivity contribution < 1.29 is 0 Å². The van der Waals surface area contributed by atoms with Gasteiger partial charge in [-0.2, -0.15) is 0 Å². The Labute approximate surface area is 161 Å². The van der Waals surface area contributed by atoms with Crippen molar-refractivity contribution in [2.45, 2.75) is 19.4 Å². The maximum atomic E-state index is 4.28. The molecule has 1 aromatic heterocycles. The van der Waals surface area contributed by atoms with E-state index < -0.39 is 0 Å². The number of guanidine groups is 1. The Kier molecular flexibility index (Phi) is 9.04. The number of benzene rings is 1. The molecule has 0 saturated carbocycles. The van der Waals surface area contributed by atoms with Crippen molar-refractivity contribution in [1.82, 2.24) is 10.6 Å². The average molecular weight is 494 g/mol. The fourth-order valence-electron chi connectivity index (χ4n) is 2.01. The van der Waals surface area contributed by atoms with E-state index in [1.54, 1.807) is 18.4 Å². The predicted octanol–water partition coefficient (Wildman–Crippen LogP) is 4.60. The summed E-state index contributed by atoms with van der Waals surface area (Å²) in [4.78, 5) is 5.64. The normalized spacial score (nSPS) is 12.4. The summed E-state index contributed by atoms with van der Waals surface area (Å²) < 4.78 is 1.18. The quantitative estimate of drug-likeness (QED) is 0.363. The molecule has 0 amide bonds. The molecule has 0 aliphatic heterocycles. The van der Waals surface area contributed by atoms with Crippen molar-refractivity contribution in [2.24, 2.45) is 4.99 Å². The van der Waals surface area contributed by atoms with E-state index in [4.69, 9.17) is 0 Å². The van der Waals surface area contributed by atoms with Crippen LogP contribution in [0.5, 0.6) is 0 Å². The second-order valence-corrected chi connectivity index (χ2v) is 7.28. The summed E-state index contributed by atoms with van der Waals surface area (Å²) in [6.07, 6.45) is 0.997. The first kappa shape index (κ1) is 19.4.